The zero-order valence-electron chi connectivity index (χ0n) is 15.7. The SMILES string of the molecule is Cc1ccc(Nc2ccnc(C(=O)N3CCc4ccccc4C3)c2)cc1C. The Balaban J connectivity index is 1.52. The van der Waals surface area contributed by atoms with Crippen molar-refractivity contribution >= 4 is 17.3 Å². The molecule has 1 aliphatic heterocycles. The van der Waals surface area contributed by atoms with E-state index in [-0.39, 0.29) is 5.91 Å². The highest BCUT2D eigenvalue weighted by Gasteiger charge is 2.22. The van der Waals surface area contributed by atoms with Crippen LogP contribution in [-0.2, 0) is 13.0 Å². The van der Waals surface area contributed by atoms with E-state index in [1.54, 1.807) is 6.20 Å². The third-order valence-electron chi connectivity index (χ3n) is 5.19. The van der Waals surface area contributed by atoms with Crippen molar-refractivity contribution in [1.29, 1.82) is 0 Å². The van der Waals surface area contributed by atoms with Gasteiger partial charge < -0.3 is 10.2 Å². The maximum atomic E-state index is 12.9. The summed E-state index contributed by atoms with van der Waals surface area (Å²) in [4.78, 5) is 19.1. The van der Waals surface area contributed by atoms with Crippen LogP contribution in [0.1, 0.15) is 32.7 Å². The Bertz CT molecular complexity index is 996. The van der Waals surface area contributed by atoms with Crippen LogP contribution in [0.5, 0.6) is 0 Å². The largest absolute Gasteiger partial charge is 0.355 e. The molecule has 4 rings (SSSR count). The van der Waals surface area contributed by atoms with E-state index in [2.05, 4.69) is 54.5 Å². The Morgan fingerprint density at radius 1 is 0.963 bits per heavy atom. The number of hydrogen-bond donors (Lipinski definition) is 1. The van der Waals surface area contributed by atoms with Crippen molar-refractivity contribution in [3.63, 3.8) is 0 Å². The number of aromatic nitrogens is 1. The van der Waals surface area contributed by atoms with E-state index in [0.29, 0.717) is 12.2 Å². The first kappa shape index (κ1) is 17.3. The normalized spacial score (nSPS) is 13.2. The molecule has 27 heavy (non-hydrogen) atoms. The quantitative estimate of drug-likeness (QED) is 0.743. The lowest BCUT2D eigenvalue weighted by molar-refractivity contribution is 0.0729. The van der Waals surface area contributed by atoms with E-state index in [1.807, 2.05) is 29.2 Å². The van der Waals surface area contributed by atoms with Crippen LogP contribution in [0.2, 0.25) is 0 Å². The molecular formula is C23H23N3O. The standard InChI is InChI=1S/C23H23N3O/c1-16-7-8-20(13-17(16)2)25-21-9-11-24-22(14-21)23(27)26-12-10-18-5-3-4-6-19(18)15-26/h3-9,11,13-14H,10,12,15H2,1-2H3,(H,24,25). The summed E-state index contributed by atoms with van der Waals surface area (Å²) in [6, 6.07) is 18.3. The van der Waals surface area contributed by atoms with E-state index >= 15 is 0 Å². The second kappa shape index (κ2) is 7.23. The molecule has 1 aliphatic rings. The van der Waals surface area contributed by atoms with Crippen LogP contribution in [0.25, 0.3) is 0 Å². The lowest BCUT2D eigenvalue weighted by Crippen LogP contribution is -2.36. The Hall–Kier alpha value is -3.14. The minimum atomic E-state index is -0.0201. The molecule has 0 radical (unpaired) electrons. The molecule has 1 N–H and O–H groups in total. The van der Waals surface area contributed by atoms with Crippen molar-refractivity contribution in [2.45, 2.75) is 26.8 Å². The lowest BCUT2D eigenvalue weighted by Gasteiger charge is -2.28. The van der Waals surface area contributed by atoms with E-state index in [9.17, 15) is 4.79 Å². The molecule has 0 unspecified atom stereocenters. The molecule has 136 valence electrons. The highest BCUT2D eigenvalue weighted by molar-refractivity contribution is 5.93. The molecule has 0 spiro atoms. The van der Waals surface area contributed by atoms with Crippen molar-refractivity contribution in [2.75, 3.05) is 11.9 Å². The summed E-state index contributed by atoms with van der Waals surface area (Å²) in [5, 5.41) is 3.38. The number of hydrogen-bond acceptors (Lipinski definition) is 3. The third kappa shape index (κ3) is 3.70. The van der Waals surface area contributed by atoms with Gasteiger partial charge in [0.25, 0.3) is 5.91 Å². The van der Waals surface area contributed by atoms with Gasteiger partial charge in [-0.2, -0.15) is 0 Å². The molecule has 2 aromatic carbocycles. The Kier molecular flexibility index (Phi) is 4.63. The average Bonchev–Trinajstić information content (AvgIpc) is 2.70. The number of aryl methyl sites for hydroxylation is 2. The summed E-state index contributed by atoms with van der Waals surface area (Å²) >= 11 is 0. The number of anilines is 2. The van der Waals surface area contributed by atoms with Gasteiger partial charge in [0.2, 0.25) is 0 Å². The van der Waals surface area contributed by atoms with Crippen LogP contribution in [0, 0.1) is 13.8 Å². The summed E-state index contributed by atoms with van der Waals surface area (Å²) < 4.78 is 0. The Morgan fingerprint density at radius 2 is 1.74 bits per heavy atom. The van der Waals surface area contributed by atoms with Crippen LogP contribution >= 0.6 is 0 Å². The number of fused-ring (bicyclic) bond motifs is 1. The fraction of sp³-hybridized carbons (Fsp3) is 0.217. The lowest BCUT2D eigenvalue weighted by atomic mass is 10.00. The van der Waals surface area contributed by atoms with Crippen molar-refractivity contribution in [3.8, 4) is 0 Å². The van der Waals surface area contributed by atoms with E-state index < -0.39 is 0 Å². The Labute approximate surface area is 159 Å². The van der Waals surface area contributed by atoms with Crippen LogP contribution < -0.4 is 5.32 Å². The number of carbonyl (C=O) groups excluding carboxylic acids is 1. The first-order chi connectivity index (χ1) is 13.1. The molecule has 0 saturated heterocycles. The molecule has 0 atom stereocenters. The molecule has 0 saturated carbocycles. The van der Waals surface area contributed by atoms with Gasteiger partial charge in [0.15, 0.2) is 0 Å². The molecule has 1 amide bonds. The second-order valence-electron chi connectivity index (χ2n) is 7.10. The van der Waals surface area contributed by atoms with Crippen LogP contribution in [0.3, 0.4) is 0 Å². The Morgan fingerprint density at radius 3 is 2.56 bits per heavy atom. The molecule has 2 heterocycles. The number of benzene rings is 2. The molecular weight excluding hydrogens is 334 g/mol. The van der Waals surface area contributed by atoms with Crippen molar-refractivity contribution in [3.05, 3.63) is 88.7 Å². The molecule has 0 aliphatic carbocycles. The minimum absolute atomic E-state index is 0.0201. The molecule has 3 aromatic rings. The van der Waals surface area contributed by atoms with Gasteiger partial charge in [-0.05, 0) is 66.8 Å². The van der Waals surface area contributed by atoms with Crippen LogP contribution in [0.4, 0.5) is 11.4 Å². The monoisotopic (exact) mass is 357 g/mol. The van der Waals surface area contributed by atoms with E-state index in [4.69, 9.17) is 0 Å². The van der Waals surface area contributed by atoms with Crippen LogP contribution in [-0.4, -0.2) is 22.3 Å². The van der Waals surface area contributed by atoms with Gasteiger partial charge in [0.05, 0.1) is 0 Å². The van der Waals surface area contributed by atoms with Crippen molar-refractivity contribution in [1.82, 2.24) is 9.88 Å². The highest BCUT2D eigenvalue weighted by atomic mass is 16.2. The number of rotatable bonds is 3. The molecule has 0 bridgehead atoms. The summed E-state index contributed by atoms with van der Waals surface area (Å²) in [7, 11) is 0. The summed E-state index contributed by atoms with van der Waals surface area (Å²) in [6.45, 7) is 5.56. The summed E-state index contributed by atoms with van der Waals surface area (Å²) in [5.41, 5.74) is 7.40. The highest BCUT2D eigenvalue weighted by Crippen LogP contribution is 2.22. The first-order valence-corrected chi connectivity index (χ1v) is 9.26. The third-order valence-corrected chi connectivity index (χ3v) is 5.19. The van der Waals surface area contributed by atoms with Gasteiger partial charge >= 0.3 is 0 Å². The van der Waals surface area contributed by atoms with Gasteiger partial charge in [0, 0.05) is 30.7 Å². The fourth-order valence-corrected chi connectivity index (χ4v) is 3.44. The number of pyridine rings is 1. The topological polar surface area (TPSA) is 45.2 Å². The average molecular weight is 357 g/mol. The summed E-state index contributed by atoms with van der Waals surface area (Å²) in [5.74, 6) is -0.0201. The van der Waals surface area contributed by atoms with Gasteiger partial charge in [-0.15, -0.1) is 0 Å². The van der Waals surface area contributed by atoms with Crippen molar-refractivity contribution in [2.24, 2.45) is 0 Å². The number of carbonyl (C=O) groups is 1. The fourth-order valence-electron chi connectivity index (χ4n) is 3.44. The van der Waals surface area contributed by atoms with Gasteiger partial charge in [-0.3, -0.25) is 9.78 Å². The zero-order valence-corrected chi connectivity index (χ0v) is 15.7. The molecule has 0 fully saturated rings. The smallest absolute Gasteiger partial charge is 0.272 e. The van der Waals surface area contributed by atoms with Gasteiger partial charge in [-0.25, -0.2) is 0 Å². The second-order valence-corrected chi connectivity index (χ2v) is 7.10. The molecule has 4 heteroatoms. The molecule has 1 aromatic heterocycles. The van der Waals surface area contributed by atoms with Crippen molar-refractivity contribution < 1.29 is 4.79 Å². The molecule has 4 nitrogen and oxygen atoms in total. The zero-order chi connectivity index (χ0) is 18.8. The number of amides is 1. The maximum absolute atomic E-state index is 12.9. The predicted octanol–water partition coefficient (Wildman–Crippen LogP) is 4.64. The van der Waals surface area contributed by atoms with Crippen LogP contribution in [0.15, 0.2) is 60.8 Å². The minimum Gasteiger partial charge on any atom is -0.355 e. The number of nitrogens with zero attached hydrogens (tertiary/aromatic N) is 2. The first-order valence-electron chi connectivity index (χ1n) is 9.26. The van der Waals surface area contributed by atoms with E-state index in [0.717, 1.165) is 24.3 Å². The van der Waals surface area contributed by atoms with Gasteiger partial charge in [0.1, 0.15) is 5.69 Å². The predicted molar refractivity (Wildman–Crippen MR) is 108 cm³/mol. The number of nitrogens with one attached hydrogen (secondary N) is 1. The van der Waals surface area contributed by atoms with Gasteiger partial charge in [-0.1, -0.05) is 30.3 Å². The summed E-state index contributed by atoms with van der Waals surface area (Å²) in [6.07, 6.45) is 2.58. The maximum Gasteiger partial charge on any atom is 0.272 e. The van der Waals surface area contributed by atoms with E-state index in [1.165, 1.54) is 22.3 Å².